The monoisotopic (exact) mass is 261 g/mol. The highest BCUT2D eigenvalue weighted by atomic mass is 32.2. The third-order valence-electron chi connectivity index (χ3n) is 4.13. The fourth-order valence-corrected chi connectivity index (χ4v) is 5.22. The van der Waals surface area contributed by atoms with E-state index in [2.05, 4.69) is 5.32 Å². The molecular weight excluding hydrogens is 238 g/mol. The van der Waals surface area contributed by atoms with Gasteiger partial charge in [0, 0.05) is 18.6 Å². The minimum Gasteiger partial charge on any atom is -0.381 e. The van der Waals surface area contributed by atoms with Gasteiger partial charge in [-0.1, -0.05) is 12.8 Å². The fraction of sp³-hybridized carbons (Fsp3) is 1.00. The van der Waals surface area contributed by atoms with Crippen molar-refractivity contribution in [2.45, 2.75) is 43.4 Å². The molecule has 5 heteroatoms. The Bertz CT molecular complexity index is 330. The maximum absolute atomic E-state index is 12.3. The molecule has 2 unspecified atom stereocenters. The third kappa shape index (κ3) is 3.20. The first-order valence-electron chi connectivity index (χ1n) is 6.60. The van der Waals surface area contributed by atoms with Crippen molar-refractivity contribution in [2.75, 3.05) is 26.0 Å². The van der Waals surface area contributed by atoms with Gasteiger partial charge in [-0.2, -0.15) is 0 Å². The number of ether oxygens (including phenoxy) is 1. The molecule has 1 aliphatic carbocycles. The van der Waals surface area contributed by atoms with Gasteiger partial charge in [-0.25, -0.2) is 8.42 Å². The molecular formula is C12H23NO3S. The van der Waals surface area contributed by atoms with E-state index in [0.29, 0.717) is 12.5 Å². The molecule has 1 saturated carbocycles. The van der Waals surface area contributed by atoms with E-state index in [4.69, 9.17) is 4.74 Å². The average molecular weight is 261 g/mol. The summed E-state index contributed by atoms with van der Waals surface area (Å²) in [6.07, 6.45) is 4.84. The van der Waals surface area contributed by atoms with Crippen LogP contribution < -0.4 is 5.32 Å². The summed E-state index contributed by atoms with van der Waals surface area (Å²) in [5.41, 5.74) is 0. The summed E-state index contributed by atoms with van der Waals surface area (Å²) < 4.78 is 29.9. The summed E-state index contributed by atoms with van der Waals surface area (Å²) in [7, 11) is -1.07. The Morgan fingerprint density at radius 2 is 2.00 bits per heavy atom. The summed E-state index contributed by atoms with van der Waals surface area (Å²) >= 11 is 0. The zero-order valence-electron chi connectivity index (χ0n) is 10.5. The molecule has 1 saturated heterocycles. The second-order valence-electron chi connectivity index (χ2n) is 5.25. The lowest BCUT2D eigenvalue weighted by Gasteiger charge is -2.23. The highest BCUT2D eigenvalue weighted by molar-refractivity contribution is 7.92. The Labute approximate surface area is 104 Å². The predicted molar refractivity (Wildman–Crippen MR) is 67.8 cm³/mol. The molecule has 1 N–H and O–H groups in total. The van der Waals surface area contributed by atoms with Crippen LogP contribution >= 0.6 is 0 Å². The molecule has 100 valence electrons. The number of hydrogen-bond donors (Lipinski definition) is 1. The molecule has 17 heavy (non-hydrogen) atoms. The summed E-state index contributed by atoms with van der Waals surface area (Å²) in [6, 6.07) is 0.0584. The van der Waals surface area contributed by atoms with Crippen molar-refractivity contribution < 1.29 is 13.2 Å². The van der Waals surface area contributed by atoms with Gasteiger partial charge in [-0.05, 0) is 26.3 Å². The normalized spacial score (nSPS) is 28.6. The molecule has 1 heterocycles. The smallest absolute Gasteiger partial charge is 0.154 e. The van der Waals surface area contributed by atoms with E-state index < -0.39 is 9.84 Å². The minimum atomic E-state index is -2.93. The molecule has 0 bridgehead atoms. The van der Waals surface area contributed by atoms with E-state index in [1.807, 2.05) is 7.05 Å². The largest absolute Gasteiger partial charge is 0.381 e. The van der Waals surface area contributed by atoms with Crippen molar-refractivity contribution in [3.8, 4) is 0 Å². The van der Waals surface area contributed by atoms with Crippen LogP contribution in [0.25, 0.3) is 0 Å². The lowest BCUT2D eigenvalue weighted by atomic mass is 10.0. The van der Waals surface area contributed by atoms with Crippen LogP contribution in [-0.4, -0.2) is 45.7 Å². The maximum atomic E-state index is 12.3. The Hall–Kier alpha value is -0.130. The molecule has 0 radical (unpaired) electrons. The lowest BCUT2D eigenvalue weighted by molar-refractivity contribution is 0.179. The predicted octanol–water partition coefficient (Wildman–Crippen LogP) is 0.968. The van der Waals surface area contributed by atoms with Crippen molar-refractivity contribution in [1.29, 1.82) is 0 Å². The highest BCUT2D eigenvalue weighted by Gasteiger charge is 2.34. The molecule has 2 rings (SSSR count). The molecule has 2 fully saturated rings. The van der Waals surface area contributed by atoms with Gasteiger partial charge in [-0.3, -0.25) is 0 Å². The second-order valence-corrected chi connectivity index (χ2v) is 7.58. The first-order chi connectivity index (χ1) is 8.13. The van der Waals surface area contributed by atoms with E-state index in [0.717, 1.165) is 38.7 Å². The van der Waals surface area contributed by atoms with Gasteiger partial charge in [0.2, 0.25) is 0 Å². The maximum Gasteiger partial charge on any atom is 0.154 e. The zero-order valence-corrected chi connectivity index (χ0v) is 11.3. The zero-order chi connectivity index (χ0) is 12.3. The van der Waals surface area contributed by atoms with Crippen molar-refractivity contribution in [2.24, 2.45) is 5.92 Å². The van der Waals surface area contributed by atoms with Gasteiger partial charge < -0.3 is 10.1 Å². The molecule has 2 atom stereocenters. The Balaban J connectivity index is 1.96. The fourth-order valence-electron chi connectivity index (χ4n) is 2.96. The number of hydrogen-bond acceptors (Lipinski definition) is 4. The van der Waals surface area contributed by atoms with Gasteiger partial charge in [0.05, 0.1) is 17.6 Å². The Morgan fingerprint density at radius 3 is 2.53 bits per heavy atom. The summed E-state index contributed by atoms with van der Waals surface area (Å²) in [5, 5.41) is 3.08. The topological polar surface area (TPSA) is 55.4 Å². The van der Waals surface area contributed by atoms with Crippen LogP contribution in [0, 0.1) is 5.92 Å². The molecule has 1 aliphatic heterocycles. The number of rotatable bonds is 5. The van der Waals surface area contributed by atoms with Gasteiger partial charge in [0.1, 0.15) is 0 Å². The quantitative estimate of drug-likeness (QED) is 0.801. The van der Waals surface area contributed by atoms with Crippen LogP contribution in [0.15, 0.2) is 0 Å². The molecule has 0 aromatic heterocycles. The molecule has 4 nitrogen and oxygen atoms in total. The Morgan fingerprint density at radius 1 is 1.29 bits per heavy atom. The minimum absolute atomic E-state index is 0.0584. The van der Waals surface area contributed by atoms with Crippen molar-refractivity contribution in [1.82, 2.24) is 5.32 Å². The first kappa shape index (κ1) is 13.3. The molecule has 0 aromatic carbocycles. The van der Waals surface area contributed by atoms with E-state index >= 15 is 0 Å². The SMILES string of the molecule is CNC(CS(=O)(=O)C1CCCC1)C1CCOC1. The third-order valence-corrected chi connectivity index (χ3v) is 6.44. The van der Waals surface area contributed by atoms with E-state index in [-0.39, 0.29) is 17.0 Å². The van der Waals surface area contributed by atoms with Crippen LogP contribution in [0.4, 0.5) is 0 Å². The second kappa shape index (κ2) is 5.67. The lowest BCUT2D eigenvalue weighted by Crippen LogP contribution is -2.42. The number of nitrogens with one attached hydrogen (secondary N) is 1. The van der Waals surface area contributed by atoms with Crippen molar-refractivity contribution >= 4 is 9.84 Å². The van der Waals surface area contributed by atoms with Crippen LogP contribution in [-0.2, 0) is 14.6 Å². The molecule has 2 aliphatic rings. The standard InChI is InChI=1S/C12H23NO3S/c1-13-12(10-6-7-16-8-10)9-17(14,15)11-4-2-3-5-11/h10-13H,2-9H2,1H3. The first-order valence-corrected chi connectivity index (χ1v) is 8.31. The van der Waals surface area contributed by atoms with Crippen LogP contribution in [0.2, 0.25) is 0 Å². The molecule has 0 spiro atoms. The van der Waals surface area contributed by atoms with Crippen LogP contribution in [0.5, 0.6) is 0 Å². The summed E-state index contributed by atoms with van der Waals surface area (Å²) in [4.78, 5) is 0. The van der Waals surface area contributed by atoms with Gasteiger partial charge >= 0.3 is 0 Å². The Kier molecular flexibility index (Phi) is 4.44. The molecule has 0 amide bonds. The number of sulfone groups is 1. The van der Waals surface area contributed by atoms with Gasteiger partial charge in [0.25, 0.3) is 0 Å². The summed E-state index contributed by atoms with van der Waals surface area (Å²) in [5.74, 6) is 0.638. The average Bonchev–Trinajstić information content (AvgIpc) is 2.97. The van der Waals surface area contributed by atoms with Gasteiger partial charge in [0.15, 0.2) is 9.84 Å². The summed E-state index contributed by atoms with van der Waals surface area (Å²) in [6.45, 7) is 1.47. The van der Waals surface area contributed by atoms with E-state index in [1.165, 1.54) is 0 Å². The van der Waals surface area contributed by atoms with E-state index in [9.17, 15) is 8.42 Å². The molecule has 0 aromatic rings. The highest BCUT2D eigenvalue weighted by Crippen LogP contribution is 2.27. The van der Waals surface area contributed by atoms with Crippen LogP contribution in [0.1, 0.15) is 32.1 Å². The van der Waals surface area contributed by atoms with Crippen molar-refractivity contribution in [3.05, 3.63) is 0 Å². The van der Waals surface area contributed by atoms with Gasteiger partial charge in [-0.15, -0.1) is 0 Å². The van der Waals surface area contributed by atoms with E-state index in [1.54, 1.807) is 0 Å². The van der Waals surface area contributed by atoms with Crippen LogP contribution in [0.3, 0.4) is 0 Å². The van der Waals surface area contributed by atoms with Crippen molar-refractivity contribution in [3.63, 3.8) is 0 Å².